The molecule has 0 aliphatic rings. The van der Waals surface area contributed by atoms with E-state index >= 15 is 0 Å². The van der Waals surface area contributed by atoms with Gasteiger partial charge in [-0.3, -0.25) is 0 Å². The first kappa shape index (κ1) is 12.1. The van der Waals surface area contributed by atoms with E-state index in [0.717, 1.165) is 12.6 Å². The van der Waals surface area contributed by atoms with Crippen LogP contribution in [0.25, 0.3) is 0 Å². The summed E-state index contributed by atoms with van der Waals surface area (Å²) in [7, 11) is -0.0922. The first-order valence-corrected chi connectivity index (χ1v) is 4.79. The third-order valence-corrected chi connectivity index (χ3v) is 1.56. The maximum absolute atomic E-state index is 9.56. The molecule has 0 bridgehead atoms. The molecular weight excluding hydrogens is 131 g/mol. The van der Waals surface area contributed by atoms with Gasteiger partial charge in [0.25, 0.3) is 0 Å². The van der Waals surface area contributed by atoms with E-state index in [1.807, 2.05) is 6.92 Å². The minimum Gasteiger partial charge on any atom is -0.832 e. The Balaban J connectivity index is 0. The topological polar surface area (TPSA) is 23.1 Å². The van der Waals surface area contributed by atoms with E-state index in [1.165, 1.54) is 12.8 Å². The Morgan fingerprint density at radius 2 is 1.44 bits per heavy atom. The highest BCUT2D eigenvalue weighted by Crippen LogP contribution is 1.94. The maximum atomic E-state index is 9.56. The maximum Gasteiger partial charge on any atom is -0.0502 e. The molecule has 1 unspecified atom stereocenters. The Labute approximate surface area is 60.7 Å². The average molecular weight is 149 g/mol. The molecule has 58 valence electrons. The van der Waals surface area contributed by atoms with Gasteiger partial charge in [-0.2, -0.15) is 0 Å². The van der Waals surface area contributed by atoms with Gasteiger partial charge in [0.15, 0.2) is 0 Å². The molecule has 0 radical (unpaired) electrons. The second-order valence-corrected chi connectivity index (χ2v) is 2.68. The summed E-state index contributed by atoms with van der Waals surface area (Å²) < 4.78 is 0. The average Bonchev–Trinajstić information content (AvgIpc) is 1.91. The van der Waals surface area contributed by atoms with Crippen LogP contribution in [0.2, 0.25) is 0 Å². The fourth-order valence-electron chi connectivity index (χ4n) is 0.102. The van der Waals surface area contributed by atoms with Crippen LogP contribution in [0.15, 0.2) is 0 Å². The Morgan fingerprint density at radius 3 is 1.44 bits per heavy atom. The third-order valence-electron chi connectivity index (χ3n) is 0.852. The smallest absolute Gasteiger partial charge is 0.0502 e. The standard InChI is InChI=1S/C4H10.C3H8OP/c1-3-4-2;1-2-3-5-4/h3-4H2,1-2H3;5H,2-3H2,1H3/q;-1. The van der Waals surface area contributed by atoms with Gasteiger partial charge in [0.05, 0.1) is 0 Å². The number of unbranched alkanes of at least 4 members (excludes halogenated alkanes) is 1. The van der Waals surface area contributed by atoms with Gasteiger partial charge in [0, 0.05) is 0 Å². The molecule has 0 heterocycles. The van der Waals surface area contributed by atoms with Gasteiger partial charge in [-0.1, -0.05) is 46.2 Å². The van der Waals surface area contributed by atoms with Gasteiger partial charge in [-0.25, -0.2) is 8.81 Å². The zero-order valence-electron chi connectivity index (χ0n) is 6.74. The quantitative estimate of drug-likeness (QED) is 0.564. The Kier molecular flexibility index (Phi) is 21.2. The SMILES string of the molecule is CCCC.CCCP[O-]. The highest BCUT2D eigenvalue weighted by Gasteiger charge is 1.60. The summed E-state index contributed by atoms with van der Waals surface area (Å²) in [5.74, 6) is 0. The van der Waals surface area contributed by atoms with Gasteiger partial charge in [-0.15, -0.1) is 0 Å². The Bertz CT molecular complexity index is 28.1. The Morgan fingerprint density at radius 1 is 1.00 bits per heavy atom. The van der Waals surface area contributed by atoms with E-state index in [4.69, 9.17) is 0 Å². The highest BCUT2D eigenvalue weighted by molar-refractivity contribution is 7.29. The fourth-order valence-corrected chi connectivity index (χ4v) is 0.306. The van der Waals surface area contributed by atoms with Crippen LogP contribution in [-0.2, 0) is 0 Å². The largest absolute Gasteiger partial charge is 0.832 e. The Hall–Kier alpha value is 0.390. The zero-order valence-corrected chi connectivity index (χ0v) is 7.74. The van der Waals surface area contributed by atoms with E-state index < -0.39 is 0 Å². The van der Waals surface area contributed by atoms with Crippen molar-refractivity contribution in [3.8, 4) is 0 Å². The van der Waals surface area contributed by atoms with Crippen molar-refractivity contribution in [2.75, 3.05) is 6.16 Å². The van der Waals surface area contributed by atoms with E-state index in [9.17, 15) is 4.89 Å². The fraction of sp³-hybridized carbons (Fsp3) is 1.00. The molecule has 9 heavy (non-hydrogen) atoms. The summed E-state index contributed by atoms with van der Waals surface area (Å²) in [4.78, 5) is 9.56. The van der Waals surface area contributed by atoms with Crippen molar-refractivity contribution in [1.29, 1.82) is 0 Å². The molecule has 1 nitrogen and oxygen atoms in total. The molecule has 0 amide bonds. The summed E-state index contributed by atoms with van der Waals surface area (Å²) in [6.45, 7) is 6.38. The van der Waals surface area contributed by atoms with Crippen molar-refractivity contribution in [3.63, 3.8) is 0 Å². The monoisotopic (exact) mass is 149 g/mol. The van der Waals surface area contributed by atoms with E-state index in [-0.39, 0.29) is 8.81 Å². The van der Waals surface area contributed by atoms with Crippen LogP contribution in [0.4, 0.5) is 0 Å². The van der Waals surface area contributed by atoms with Crippen LogP contribution in [0, 0.1) is 0 Å². The van der Waals surface area contributed by atoms with E-state index in [1.54, 1.807) is 0 Å². The predicted molar refractivity (Wildman–Crippen MR) is 44.1 cm³/mol. The van der Waals surface area contributed by atoms with Gasteiger partial charge < -0.3 is 4.89 Å². The predicted octanol–water partition coefficient (Wildman–Crippen LogP) is 2.16. The molecule has 0 rings (SSSR count). The minimum absolute atomic E-state index is 0.0922. The van der Waals surface area contributed by atoms with E-state index in [2.05, 4.69) is 13.8 Å². The molecule has 0 saturated carbocycles. The van der Waals surface area contributed by atoms with Crippen molar-refractivity contribution in [3.05, 3.63) is 0 Å². The van der Waals surface area contributed by atoms with Crippen LogP contribution in [-0.4, -0.2) is 6.16 Å². The van der Waals surface area contributed by atoms with Crippen molar-refractivity contribution >= 4 is 8.81 Å². The van der Waals surface area contributed by atoms with Crippen LogP contribution in [0.5, 0.6) is 0 Å². The van der Waals surface area contributed by atoms with Crippen LogP contribution in [0.3, 0.4) is 0 Å². The second kappa shape index (κ2) is 15.8. The lowest BCUT2D eigenvalue weighted by Crippen LogP contribution is -1.82. The summed E-state index contributed by atoms with van der Waals surface area (Å²) in [5, 5.41) is 0. The van der Waals surface area contributed by atoms with Gasteiger partial charge >= 0.3 is 0 Å². The van der Waals surface area contributed by atoms with Crippen molar-refractivity contribution < 1.29 is 4.89 Å². The first-order chi connectivity index (χ1) is 4.33. The van der Waals surface area contributed by atoms with Crippen LogP contribution >= 0.6 is 8.81 Å². The molecule has 0 N–H and O–H groups in total. The highest BCUT2D eigenvalue weighted by atomic mass is 31.1. The minimum atomic E-state index is -0.0922. The molecule has 0 aliphatic carbocycles. The van der Waals surface area contributed by atoms with Crippen molar-refractivity contribution in [2.45, 2.75) is 40.0 Å². The molecule has 0 spiro atoms. The number of rotatable bonds is 3. The lowest BCUT2D eigenvalue weighted by Gasteiger charge is -1.96. The molecule has 0 aromatic rings. The van der Waals surface area contributed by atoms with Gasteiger partial charge in [0.1, 0.15) is 0 Å². The molecule has 0 aromatic carbocycles. The summed E-state index contributed by atoms with van der Waals surface area (Å²) >= 11 is 0. The molecule has 2 heteroatoms. The first-order valence-electron chi connectivity index (χ1n) is 3.68. The van der Waals surface area contributed by atoms with Crippen LogP contribution in [0.1, 0.15) is 40.0 Å². The molecular formula is C7H18OP-. The lowest BCUT2D eigenvalue weighted by atomic mass is 10.4. The summed E-state index contributed by atoms with van der Waals surface area (Å²) in [6, 6.07) is 0. The molecule has 0 fully saturated rings. The van der Waals surface area contributed by atoms with Crippen LogP contribution < -0.4 is 4.89 Å². The molecule has 0 aliphatic heterocycles. The van der Waals surface area contributed by atoms with Crippen molar-refractivity contribution in [2.24, 2.45) is 0 Å². The molecule has 0 aromatic heterocycles. The summed E-state index contributed by atoms with van der Waals surface area (Å²) in [5.41, 5.74) is 0. The van der Waals surface area contributed by atoms with E-state index in [0.29, 0.717) is 0 Å². The number of hydrogen-bond donors (Lipinski definition) is 0. The molecule has 0 saturated heterocycles. The normalized spacial score (nSPS) is 9.33. The number of hydrogen-bond acceptors (Lipinski definition) is 1. The zero-order chi connectivity index (χ0) is 7.54. The summed E-state index contributed by atoms with van der Waals surface area (Å²) in [6.07, 6.45) is 4.54. The lowest BCUT2D eigenvalue weighted by molar-refractivity contribution is -0.150. The van der Waals surface area contributed by atoms with Gasteiger partial charge in [-0.05, 0) is 0 Å². The van der Waals surface area contributed by atoms with Crippen molar-refractivity contribution in [1.82, 2.24) is 0 Å². The van der Waals surface area contributed by atoms with Gasteiger partial charge in [0.2, 0.25) is 0 Å². The third kappa shape index (κ3) is 29.8. The molecule has 1 atom stereocenters. The second-order valence-electron chi connectivity index (χ2n) is 1.89.